The van der Waals surface area contributed by atoms with Gasteiger partial charge in [0.05, 0.1) is 11.3 Å². The molecule has 1 atom stereocenters. The summed E-state index contributed by atoms with van der Waals surface area (Å²) in [7, 11) is 0. The predicted molar refractivity (Wildman–Crippen MR) is 74.9 cm³/mol. The molecule has 2 rings (SSSR count). The average Bonchev–Trinajstić information content (AvgIpc) is 2.41. The van der Waals surface area contributed by atoms with Gasteiger partial charge in [0.25, 0.3) is 0 Å². The summed E-state index contributed by atoms with van der Waals surface area (Å²) in [5.41, 5.74) is -0.131. The van der Waals surface area contributed by atoms with E-state index in [1.165, 1.54) is 18.2 Å². The molecule has 6 heteroatoms. The van der Waals surface area contributed by atoms with Gasteiger partial charge in [-0.15, -0.1) is 0 Å². The smallest absolute Gasteiger partial charge is 0.376 e. The Morgan fingerprint density at radius 2 is 1.81 bits per heavy atom. The van der Waals surface area contributed by atoms with Crippen LogP contribution < -0.4 is 5.32 Å². The molecule has 0 spiro atoms. The lowest BCUT2D eigenvalue weighted by molar-refractivity contribution is -0.137. The first-order valence-corrected chi connectivity index (χ1v) is 6.54. The molecule has 0 aliphatic rings. The first-order chi connectivity index (χ1) is 9.77. The predicted octanol–water partition coefficient (Wildman–Crippen LogP) is 5.67. The molecule has 0 bridgehead atoms. The minimum Gasteiger partial charge on any atom is -0.376 e. The van der Waals surface area contributed by atoms with E-state index in [4.69, 9.17) is 11.6 Å². The molecule has 0 radical (unpaired) electrons. The van der Waals surface area contributed by atoms with Crippen molar-refractivity contribution in [1.82, 2.24) is 0 Å². The summed E-state index contributed by atoms with van der Waals surface area (Å²) >= 11 is 5.65. The molecule has 0 aliphatic heterocycles. The highest BCUT2D eigenvalue weighted by Gasteiger charge is 2.30. The fourth-order valence-electron chi connectivity index (χ4n) is 1.91. The fourth-order valence-corrected chi connectivity index (χ4v) is 2.07. The highest BCUT2D eigenvalue weighted by Crippen LogP contribution is 2.31. The van der Waals surface area contributed by atoms with Crippen LogP contribution in [0.2, 0.25) is 5.02 Å². The zero-order valence-corrected chi connectivity index (χ0v) is 11.8. The molecule has 0 saturated carbocycles. The minimum atomic E-state index is -4.40. The van der Waals surface area contributed by atoms with E-state index in [2.05, 4.69) is 5.32 Å². The summed E-state index contributed by atoms with van der Waals surface area (Å²) in [5.74, 6) is -0.554. The SMILES string of the molecule is CC(Nc1ccc(Cl)cc1F)c1cccc(C(F)(F)F)c1. The van der Waals surface area contributed by atoms with Gasteiger partial charge in [0.2, 0.25) is 0 Å². The number of halogens is 5. The molecule has 0 heterocycles. The number of anilines is 1. The van der Waals surface area contributed by atoms with Crippen molar-refractivity contribution in [3.8, 4) is 0 Å². The second-order valence-electron chi connectivity index (χ2n) is 4.61. The number of hydrogen-bond acceptors (Lipinski definition) is 1. The number of benzene rings is 2. The molecule has 21 heavy (non-hydrogen) atoms. The van der Waals surface area contributed by atoms with E-state index in [1.807, 2.05) is 0 Å². The van der Waals surface area contributed by atoms with Crippen molar-refractivity contribution in [2.24, 2.45) is 0 Å². The van der Waals surface area contributed by atoms with Crippen molar-refractivity contribution < 1.29 is 17.6 Å². The van der Waals surface area contributed by atoms with Crippen molar-refractivity contribution in [1.29, 1.82) is 0 Å². The standard InChI is InChI=1S/C15H12ClF4N/c1-9(21-14-6-5-12(16)8-13(14)17)10-3-2-4-11(7-10)15(18,19)20/h2-9,21H,1H3. The molecular formula is C15H12ClF4N. The Bertz CT molecular complexity index is 640. The van der Waals surface area contributed by atoms with Crippen molar-refractivity contribution in [3.63, 3.8) is 0 Å². The van der Waals surface area contributed by atoms with Crippen LogP contribution in [0.25, 0.3) is 0 Å². The number of alkyl halides is 3. The molecule has 112 valence electrons. The third-order valence-corrected chi connectivity index (χ3v) is 3.25. The molecule has 0 aromatic heterocycles. The number of rotatable bonds is 3. The van der Waals surface area contributed by atoms with E-state index in [0.29, 0.717) is 5.56 Å². The van der Waals surface area contributed by atoms with Gasteiger partial charge >= 0.3 is 6.18 Å². The molecule has 1 N–H and O–H groups in total. The maximum absolute atomic E-state index is 13.7. The second-order valence-corrected chi connectivity index (χ2v) is 5.05. The lowest BCUT2D eigenvalue weighted by Crippen LogP contribution is -2.10. The van der Waals surface area contributed by atoms with Gasteiger partial charge in [-0.05, 0) is 42.8 Å². The maximum Gasteiger partial charge on any atom is 0.416 e. The number of nitrogens with one attached hydrogen (secondary N) is 1. The monoisotopic (exact) mass is 317 g/mol. The van der Waals surface area contributed by atoms with Gasteiger partial charge in [0.15, 0.2) is 0 Å². The van der Waals surface area contributed by atoms with Crippen LogP contribution in [0.5, 0.6) is 0 Å². The zero-order valence-electron chi connectivity index (χ0n) is 11.0. The largest absolute Gasteiger partial charge is 0.416 e. The van der Waals surface area contributed by atoms with Crippen LogP contribution in [-0.2, 0) is 6.18 Å². The van der Waals surface area contributed by atoms with E-state index in [1.54, 1.807) is 13.0 Å². The van der Waals surface area contributed by atoms with E-state index < -0.39 is 23.6 Å². The summed E-state index contributed by atoms with van der Waals surface area (Å²) in [6.45, 7) is 1.66. The Balaban J connectivity index is 2.22. The molecule has 0 aliphatic carbocycles. The number of hydrogen-bond donors (Lipinski definition) is 1. The Labute approximate surface area is 124 Å². The summed E-state index contributed by atoms with van der Waals surface area (Å²) < 4.78 is 51.7. The van der Waals surface area contributed by atoms with Gasteiger partial charge in [-0.25, -0.2) is 4.39 Å². The Kier molecular flexibility index (Phi) is 4.42. The first-order valence-electron chi connectivity index (χ1n) is 6.16. The van der Waals surface area contributed by atoms with E-state index in [9.17, 15) is 17.6 Å². The fraction of sp³-hybridized carbons (Fsp3) is 0.200. The van der Waals surface area contributed by atoms with Gasteiger partial charge in [0.1, 0.15) is 5.82 Å². The second kappa shape index (κ2) is 5.93. The van der Waals surface area contributed by atoms with Crippen LogP contribution >= 0.6 is 11.6 Å². The zero-order chi connectivity index (χ0) is 15.6. The summed E-state index contributed by atoms with van der Waals surface area (Å²) in [6.07, 6.45) is -4.40. The van der Waals surface area contributed by atoms with Gasteiger partial charge in [-0.3, -0.25) is 0 Å². The van der Waals surface area contributed by atoms with Crippen LogP contribution in [0.15, 0.2) is 42.5 Å². The lowest BCUT2D eigenvalue weighted by atomic mass is 10.0. The lowest BCUT2D eigenvalue weighted by Gasteiger charge is -2.18. The Morgan fingerprint density at radius 1 is 1.10 bits per heavy atom. The van der Waals surface area contributed by atoms with Crippen molar-refractivity contribution in [3.05, 3.63) is 64.4 Å². The summed E-state index contributed by atoms with van der Waals surface area (Å²) in [4.78, 5) is 0. The van der Waals surface area contributed by atoms with E-state index >= 15 is 0 Å². The molecule has 1 nitrogen and oxygen atoms in total. The minimum absolute atomic E-state index is 0.185. The van der Waals surface area contributed by atoms with Crippen LogP contribution in [-0.4, -0.2) is 0 Å². The van der Waals surface area contributed by atoms with Gasteiger partial charge < -0.3 is 5.32 Å². The Morgan fingerprint density at radius 3 is 2.43 bits per heavy atom. The molecule has 2 aromatic rings. The van der Waals surface area contributed by atoms with Crippen molar-refractivity contribution in [2.75, 3.05) is 5.32 Å². The van der Waals surface area contributed by atoms with Crippen LogP contribution in [0.1, 0.15) is 24.1 Å². The third kappa shape index (κ3) is 3.88. The maximum atomic E-state index is 13.7. The summed E-state index contributed by atoms with van der Waals surface area (Å²) in [5, 5.41) is 3.09. The highest BCUT2D eigenvalue weighted by molar-refractivity contribution is 6.30. The van der Waals surface area contributed by atoms with Crippen molar-refractivity contribution in [2.45, 2.75) is 19.1 Å². The third-order valence-electron chi connectivity index (χ3n) is 3.02. The van der Waals surface area contributed by atoms with Gasteiger partial charge in [0, 0.05) is 11.1 Å². The molecular weight excluding hydrogens is 306 g/mol. The molecule has 0 amide bonds. The van der Waals surface area contributed by atoms with Gasteiger partial charge in [-0.2, -0.15) is 13.2 Å². The van der Waals surface area contributed by atoms with Gasteiger partial charge in [-0.1, -0.05) is 23.7 Å². The molecule has 1 unspecified atom stereocenters. The molecule has 0 fully saturated rings. The van der Waals surface area contributed by atoms with E-state index in [-0.39, 0.29) is 10.7 Å². The first kappa shape index (κ1) is 15.6. The average molecular weight is 318 g/mol. The van der Waals surface area contributed by atoms with Crippen LogP contribution in [0.3, 0.4) is 0 Å². The van der Waals surface area contributed by atoms with E-state index in [0.717, 1.165) is 18.2 Å². The normalized spacial score (nSPS) is 13.0. The highest BCUT2D eigenvalue weighted by atomic mass is 35.5. The summed E-state index contributed by atoms with van der Waals surface area (Å²) in [6, 6.07) is 8.54. The van der Waals surface area contributed by atoms with Crippen LogP contribution in [0, 0.1) is 5.82 Å². The Hall–Kier alpha value is -1.75. The van der Waals surface area contributed by atoms with Crippen LogP contribution in [0.4, 0.5) is 23.2 Å². The quantitative estimate of drug-likeness (QED) is 0.719. The topological polar surface area (TPSA) is 12.0 Å². The molecule has 0 saturated heterocycles. The van der Waals surface area contributed by atoms with Crippen molar-refractivity contribution >= 4 is 17.3 Å². The molecule has 2 aromatic carbocycles.